The Balaban J connectivity index is 1.73. The van der Waals surface area contributed by atoms with Gasteiger partial charge in [0.15, 0.2) is 0 Å². The fourth-order valence-corrected chi connectivity index (χ4v) is 3.87. The van der Waals surface area contributed by atoms with Gasteiger partial charge < -0.3 is 14.5 Å². The minimum atomic E-state index is -0.457. The van der Waals surface area contributed by atoms with Crippen LogP contribution in [-0.2, 0) is 4.74 Å². The molecule has 2 heterocycles. The van der Waals surface area contributed by atoms with E-state index in [-0.39, 0.29) is 12.1 Å². The van der Waals surface area contributed by atoms with Crippen molar-refractivity contribution in [1.82, 2.24) is 9.27 Å². The Morgan fingerprint density at radius 2 is 2.12 bits per heavy atom. The van der Waals surface area contributed by atoms with Gasteiger partial charge in [0.2, 0.25) is 0 Å². The Bertz CT molecular complexity index is 722. The highest BCUT2D eigenvalue weighted by Crippen LogP contribution is 2.31. The smallest absolute Gasteiger partial charge is 0.410 e. The maximum Gasteiger partial charge on any atom is 0.410 e. The summed E-state index contributed by atoms with van der Waals surface area (Å²) in [7, 11) is 2.07. The molecule has 1 aromatic carbocycles. The molecule has 3 rings (SSSR count). The van der Waals surface area contributed by atoms with E-state index in [1.165, 1.54) is 21.6 Å². The maximum atomic E-state index is 12.4. The molecule has 0 radical (unpaired) electrons. The number of likely N-dealkylation sites (tertiary alicyclic amines) is 1. The Morgan fingerprint density at radius 1 is 1.38 bits per heavy atom. The number of hydrogen-bond donors (Lipinski definition) is 0. The molecule has 0 N–H and O–H groups in total. The standard InChI is InChI=1S/C18H25N3O2S/c1-18(2,3)23-17(22)21-11-7-8-13(12-21)20(4)16-14-9-5-6-10-15(14)24-19-16/h5-6,9-10,13H,7-8,11-12H2,1-4H3/t13-/m1/s1. The van der Waals surface area contributed by atoms with E-state index in [0.29, 0.717) is 6.54 Å². The van der Waals surface area contributed by atoms with Crippen LogP contribution in [0.25, 0.3) is 10.1 Å². The number of anilines is 1. The molecule has 1 aromatic heterocycles. The third kappa shape index (κ3) is 3.64. The first-order valence-corrected chi connectivity index (χ1v) is 9.18. The Morgan fingerprint density at radius 3 is 2.88 bits per heavy atom. The molecule has 1 amide bonds. The Hall–Kier alpha value is -1.82. The minimum Gasteiger partial charge on any atom is -0.444 e. The molecule has 0 aliphatic carbocycles. The largest absolute Gasteiger partial charge is 0.444 e. The number of amides is 1. The van der Waals surface area contributed by atoms with Gasteiger partial charge in [-0.25, -0.2) is 4.79 Å². The van der Waals surface area contributed by atoms with Crippen molar-refractivity contribution < 1.29 is 9.53 Å². The lowest BCUT2D eigenvalue weighted by molar-refractivity contribution is 0.0199. The number of aromatic nitrogens is 1. The highest BCUT2D eigenvalue weighted by atomic mass is 32.1. The predicted octanol–water partition coefficient (Wildman–Crippen LogP) is 4.13. The molecule has 24 heavy (non-hydrogen) atoms. The predicted molar refractivity (Wildman–Crippen MR) is 98.9 cm³/mol. The van der Waals surface area contributed by atoms with Crippen LogP contribution in [-0.4, -0.2) is 47.1 Å². The average molecular weight is 347 g/mol. The molecule has 1 fully saturated rings. The first kappa shape index (κ1) is 17.0. The van der Waals surface area contributed by atoms with Crippen LogP contribution in [0.15, 0.2) is 24.3 Å². The van der Waals surface area contributed by atoms with E-state index in [0.717, 1.165) is 25.2 Å². The van der Waals surface area contributed by atoms with Crippen LogP contribution in [0.4, 0.5) is 10.6 Å². The molecule has 2 aromatic rings. The van der Waals surface area contributed by atoms with Gasteiger partial charge in [0.25, 0.3) is 0 Å². The monoisotopic (exact) mass is 347 g/mol. The summed E-state index contributed by atoms with van der Waals surface area (Å²) in [6.45, 7) is 7.15. The lowest BCUT2D eigenvalue weighted by atomic mass is 10.0. The fourth-order valence-electron chi connectivity index (χ4n) is 3.06. The summed E-state index contributed by atoms with van der Waals surface area (Å²) in [6, 6.07) is 8.55. The summed E-state index contributed by atoms with van der Waals surface area (Å²) in [4.78, 5) is 16.4. The van der Waals surface area contributed by atoms with Crippen LogP contribution in [0.3, 0.4) is 0 Å². The maximum absolute atomic E-state index is 12.4. The molecule has 5 nitrogen and oxygen atoms in total. The lowest BCUT2D eigenvalue weighted by Gasteiger charge is -2.38. The third-order valence-electron chi connectivity index (χ3n) is 4.29. The summed E-state index contributed by atoms with van der Waals surface area (Å²) < 4.78 is 11.3. The van der Waals surface area contributed by atoms with Crippen molar-refractivity contribution in [3.8, 4) is 0 Å². The molecule has 0 unspecified atom stereocenters. The zero-order valence-corrected chi connectivity index (χ0v) is 15.6. The van der Waals surface area contributed by atoms with E-state index in [2.05, 4.69) is 28.5 Å². The van der Waals surface area contributed by atoms with E-state index >= 15 is 0 Å². The zero-order chi connectivity index (χ0) is 17.3. The van der Waals surface area contributed by atoms with E-state index in [9.17, 15) is 4.79 Å². The zero-order valence-electron chi connectivity index (χ0n) is 14.8. The molecule has 0 saturated carbocycles. The molecule has 1 saturated heterocycles. The quantitative estimate of drug-likeness (QED) is 0.819. The number of hydrogen-bond acceptors (Lipinski definition) is 5. The number of rotatable bonds is 2. The van der Waals surface area contributed by atoms with Gasteiger partial charge in [0.1, 0.15) is 11.4 Å². The van der Waals surface area contributed by atoms with E-state index in [1.807, 2.05) is 37.8 Å². The van der Waals surface area contributed by atoms with Gasteiger partial charge in [-0.05, 0) is 57.3 Å². The fraction of sp³-hybridized carbons (Fsp3) is 0.556. The number of carbonyl (C=O) groups is 1. The van der Waals surface area contributed by atoms with Gasteiger partial charge in [-0.2, -0.15) is 4.37 Å². The van der Waals surface area contributed by atoms with E-state index in [1.54, 1.807) is 0 Å². The first-order valence-electron chi connectivity index (χ1n) is 8.40. The topological polar surface area (TPSA) is 45.7 Å². The Kier molecular flexibility index (Phi) is 4.67. The molecule has 0 bridgehead atoms. The number of nitrogens with zero attached hydrogens (tertiary/aromatic N) is 3. The second-order valence-electron chi connectivity index (χ2n) is 7.34. The third-order valence-corrected chi connectivity index (χ3v) is 5.11. The molecule has 1 atom stereocenters. The number of carbonyl (C=O) groups excluding carboxylic acids is 1. The van der Waals surface area contributed by atoms with Gasteiger partial charge in [0, 0.05) is 31.6 Å². The van der Waals surface area contributed by atoms with E-state index < -0.39 is 5.60 Å². The van der Waals surface area contributed by atoms with Crippen molar-refractivity contribution >= 4 is 33.5 Å². The molecular weight excluding hydrogens is 322 g/mol. The number of fused-ring (bicyclic) bond motifs is 1. The molecule has 130 valence electrons. The summed E-state index contributed by atoms with van der Waals surface area (Å²) in [6.07, 6.45) is 1.82. The molecule has 1 aliphatic heterocycles. The van der Waals surface area contributed by atoms with Gasteiger partial charge in [-0.15, -0.1) is 0 Å². The molecular formula is C18H25N3O2S. The average Bonchev–Trinajstić information content (AvgIpc) is 2.97. The van der Waals surface area contributed by atoms with Crippen molar-refractivity contribution in [2.24, 2.45) is 0 Å². The highest BCUT2D eigenvalue weighted by molar-refractivity contribution is 7.13. The van der Waals surface area contributed by atoms with Crippen molar-refractivity contribution in [3.63, 3.8) is 0 Å². The van der Waals surface area contributed by atoms with Crippen molar-refractivity contribution in [3.05, 3.63) is 24.3 Å². The molecule has 1 aliphatic rings. The van der Waals surface area contributed by atoms with Crippen molar-refractivity contribution in [2.45, 2.75) is 45.3 Å². The Labute approximate surface area is 147 Å². The summed E-state index contributed by atoms with van der Waals surface area (Å²) in [5, 5.41) is 1.18. The van der Waals surface area contributed by atoms with Crippen molar-refractivity contribution in [1.29, 1.82) is 0 Å². The van der Waals surface area contributed by atoms with Crippen LogP contribution in [0.2, 0.25) is 0 Å². The lowest BCUT2D eigenvalue weighted by Crippen LogP contribution is -2.50. The number of benzene rings is 1. The summed E-state index contributed by atoms with van der Waals surface area (Å²) in [5.41, 5.74) is -0.457. The summed E-state index contributed by atoms with van der Waals surface area (Å²) >= 11 is 1.52. The minimum absolute atomic E-state index is 0.219. The van der Waals surface area contributed by atoms with Gasteiger partial charge in [-0.1, -0.05) is 12.1 Å². The van der Waals surface area contributed by atoms with Crippen LogP contribution in [0.5, 0.6) is 0 Å². The SMILES string of the molecule is CN(c1nsc2ccccc12)[C@@H]1CCCN(C(=O)OC(C)(C)C)C1. The normalized spacial score (nSPS) is 18.7. The number of likely N-dealkylation sites (N-methyl/N-ethyl adjacent to an activating group) is 1. The summed E-state index contributed by atoms with van der Waals surface area (Å²) in [5.74, 6) is 1.01. The number of ether oxygens (including phenoxy) is 1. The second-order valence-corrected chi connectivity index (χ2v) is 8.14. The van der Waals surface area contributed by atoms with Gasteiger partial charge in [-0.3, -0.25) is 0 Å². The molecule has 6 heteroatoms. The van der Waals surface area contributed by atoms with Crippen LogP contribution >= 0.6 is 11.5 Å². The molecule has 0 spiro atoms. The van der Waals surface area contributed by atoms with E-state index in [4.69, 9.17) is 4.74 Å². The van der Waals surface area contributed by atoms with Crippen LogP contribution in [0, 0.1) is 0 Å². The first-order chi connectivity index (χ1) is 11.3. The van der Waals surface area contributed by atoms with Crippen molar-refractivity contribution in [2.75, 3.05) is 25.0 Å². The number of piperidine rings is 1. The van der Waals surface area contributed by atoms with Gasteiger partial charge in [0.05, 0.1) is 4.70 Å². The second kappa shape index (κ2) is 6.59. The van der Waals surface area contributed by atoms with Crippen LogP contribution in [0.1, 0.15) is 33.6 Å². The van der Waals surface area contributed by atoms with Gasteiger partial charge >= 0.3 is 6.09 Å². The highest BCUT2D eigenvalue weighted by Gasteiger charge is 2.30. The van der Waals surface area contributed by atoms with Crippen LogP contribution < -0.4 is 4.90 Å².